The second-order valence-corrected chi connectivity index (χ2v) is 8.07. The molecule has 2 saturated heterocycles. The standard InChI is InChI=1S/C21H20Cl2N2O3.ClH/c22-16-5-1-14(2-6-16)12-24-9-10-25(13-24)21(27)18-11-19(26)28-20(18)15-3-7-17(23)8-4-15;/h1-8,18,20H,9-13H2;1H/t18-,20+;/m0./s1. The summed E-state index contributed by atoms with van der Waals surface area (Å²) in [6.45, 7) is 2.73. The molecular formula is C21H21Cl3N2O3. The SMILES string of the molecule is Cl.O=C1C[C@H](C(=O)N2CCN(Cc3ccc(Cl)cc3)C2)[C@@H](c2ccc(Cl)cc2)O1. The van der Waals surface area contributed by atoms with Crippen LogP contribution < -0.4 is 0 Å². The molecule has 5 nitrogen and oxygen atoms in total. The summed E-state index contributed by atoms with van der Waals surface area (Å²) >= 11 is 11.9. The van der Waals surface area contributed by atoms with Crippen molar-refractivity contribution in [1.82, 2.24) is 9.80 Å². The highest BCUT2D eigenvalue weighted by atomic mass is 35.5. The zero-order valence-electron chi connectivity index (χ0n) is 15.6. The maximum absolute atomic E-state index is 13.1. The molecule has 0 N–H and O–H groups in total. The number of rotatable bonds is 4. The monoisotopic (exact) mass is 454 g/mol. The van der Waals surface area contributed by atoms with Crippen LogP contribution in [0.1, 0.15) is 23.7 Å². The second kappa shape index (κ2) is 9.35. The minimum atomic E-state index is -0.553. The van der Waals surface area contributed by atoms with E-state index in [-0.39, 0.29) is 30.7 Å². The van der Waals surface area contributed by atoms with Crippen LogP contribution in [0, 0.1) is 5.92 Å². The molecule has 4 rings (SSSR count). The zero-order valence-corrected chi connectivity index (χ0v) is 17.9. The minimum Gasteiger partial charge on any atom is -0.457 e. The average molecular weight is 456 g/mol. The van der Waals surface area contributed by atoms with Gasteiger partial charge >= 0.3 is 5.97 Å². The van der Waals surface area contributed by atoms with E-state index < -0.39 is 12.0 Å². The normalized spacial score (nSPS) is 21.7. The number of nitrogens with zero attached hydrogens (tertiary/aromatic N) is 2. The van der Waals surface area contributed by atoms with Crippen LogP contribution in [0.5, 0.6) is 0 Å². The number of benzene rings is 2. The maximum atomic E-state index is 13.1. The summed E-state index contributed by atoms with van der Waals surface area (Å²) in [6.07, 6.45) is -0.442. The van der Waals surface area contributed by atoms with Crippen LogP contribution >= 0.6 is 35.6 Å². The van der Waals surface area contributed by atoms with E-state index in [1.165, 1.54) is 0 Å². The number of hydrogen-bond donors (Lipinski definition) is 0. The molecule has 2 aromatic rings. The molecule has 0 aliphatic carbocycles. The molecule has 0 aromatic heterocycles. The smallest absolute Gasteiger partial charge is 0.307 e. The summed E-state index contributed by atoms with van der Waals surface area (Å²) in [5.74, 6) is -0.871. The molecule has 29 heavy (non-hydrogen) atoms. The number of cyclic esters (lactones) is 1. The van der Waals surface area contributed by atoms with E-state index in [1.54, 1.807) is 12.1 Å². The third-order valence-electron chi connectivity index (χ3n) is 5.21. The first-order chi connectivity index (χ1) is 13.5. The van der Waals surface area contributed by atoms with Gasteiger partial charge in [-0.1, -0.05) is 47.5 Å². The van der Waals surface area contributed by atoms with Gasteiger partial charge in [0.15, 0.2) is 0 Å². The van der Waals surface area contributed by atoms with Gasteiger partial charge in [-0.15, -0.1) is 12.4 Å². The van der Waals surface area contributed by atoms with Crippen LogP contribution in [0.4, 0.5) is 0 Å². The predicted octanol–water partition coefficient (Wildman–Crippen LogP) is 4.32. The molecule has 2 atom stereocenters. The van der Waals surface area contributed by atoms with E-state index in [4.69, 9.17) is 27.9 Å². The Balaban J connectivity index is 0.00000240. The van der Waals surface area contributed by atoms with E-state index in [0.29, 0.717) is 23.3 Å². The number of carbonyl (C=O) groups excluding carboxylic acids is 2. The second-order valence-electron chi connectivity index (χ2n) is 7.19. The van der Waals surface area contributed by atoms with Crippen molar-refractivity contribution in [1.29, 1.82) is 0 Å². The quantitative estimate of drug-likeness (QED) is 0.644. The summed E-state index contributed by atoms with van der Waals surface area (Å²) in [5.41, 5.74) is 1.95. The lowest BCUT2D eigenvalue weighted by atomic mass is 9.94. The Morgan fingerprint density at radius 3 is 2.28 bits per heavy atom. The molecule has 2 aromatic carbocycles. The largest absolute Gasteiger partial charge is 0.457 e. The molecule has 0 radical (unpaired) electrons. The number of amides is 1. The number of hydrogen-bond acceptors (Lipinski definition) is 4. The summed E-state index contributed by atoms with van der Waals surface area (Å²) in [6, 6.07) is 14.8. The van der Waals surface area contributed by atoms with E-state index in [1.807, 2.05) is 41.3 Å². The third kappa shape index (κ3) is 5.04. The highest BCUT2D eigenvalue weighted by Gasteiger charge is 2.43. The number of carbonyl (C=O) groups is 2. The van der Waals surface area contributed by atoms with Crippen molar-refractivity contribution in [2.45, 2.75) is 19.1 Å². The topological polar surface area (TPSA) is 49.9 Å². The van der Waals surface area contributed by atoms with E-state index in [0.717, 1.165) is 24.2 Å². The van der Waals surface area contributed by atoms with Crippen LogP contribution in [-0.4, -0.2) is 41.4 Å². The van der Waals surface area contributed by atoms with Gasteiger partial charge in [-0.2, -0.15) is 0 Å². The van der Waals surface area contributed by atoms with Crippen molar-refractivity contribution in [2.75, 3.05) is 19.8 Å². The highest BCUT2D eigenvalue weighted by molar-refractivity contribution is 6.30. The molecule has 0 spiro atoms. The highest BCUT2D eigenvalue weighted by Crippen LogP contribution is 2.37. The first-order valence-electron chi connectivity index (χ1n) is 9.20. The molecule has 2 aliphatic heterocycles. The van der Waals surface area contributed by atoms with Gasteiger partial charge < -0.3 is 9.64 Å². The molecule has 2 aliphatic rings. The Bertz CT molecular complexity index is 874. The van der Waals surface area contributed by atoms with Gasteiger partial charge in [0.05, 0.1) is 19.0 Å². The van der Waals surface area contributed by atoms with Crippen molar-refractivity contribution in [2.24, 2.45) is 5.92 Å². The lowest BCUT2D eigenvalue weighted by molar-refractivity contribution is -0.142. The fraction of sp³-hybridized carbons (Fsp3) is 0.333. The van der Waals surface area contributed by atoms with Crippen molar-refractivity contribution in [3.8, 4) is 0 Å². The Labute approximate surface area is 185 Å². The lowest BCUT2D eigenvalue weighted by Crippen LogP contribution is -2.37. The summed E-state index contributed by atoms with van der Waals surface area (Å²) in [7, 11) is 0. The van der Waals surface area contributed by atoms with Crippen LogP contribution in [0.15, 0.2) is 48.5 Å². The van der Waals surface area contributed by atoms with Gasteiger partial charge in [0.25, 0.3) is 0 Å². The Hall–Kier alpha value is -1.79. The number of ether oxygens (including phenoxy) is 1. The molecule has 2 fully saturated rings. The summed E-state index contributed by atoms with van der Waals surface area (Å²) in [4.78, 5) is 29.0. The summed E-state index contributed by atoms with van der Waals surface area (Å²) in [5, 5.41) is 1.31. The van der Waals surface area contributed by atoms with Crippen molar-refractivity contribution >= 4 is 47.5 Å². The molecule has 1 amide bonds. The summed E-state index contributed by atoms with van der Waals surface area (Å²) < 4.78 is 5.46. The minimum absolute atomic E-state index is 0. The Morgan fingerprint density at radius 1 is 1.00 bits per heavy atom. The first kappa shape index (κ1) is 21.9. The molecule has 0 bridgehead atoms. The van der Waals surface area contributed by atoms with Crippen molar-refractivity contribution in [3.63, 3.8) is 0 Å². The average Bonchev–Trinajstić information content (AvgIpc) is 3.30. The predicted molar refractivity (Wildman–Crippen MR) is 114 cm³/mol. The van der Waals surface area contributed by atoms with Gasteiger partial charge in [-0.3, -0.25) is 14.5 Å². The molecule has 0 unspecified atom stereocenters. The van der Waals surface area contributed by atoms with Crippen molar-refractivity contribution in [3.05, 3.63) is 69.7 Å². The van der Waals surface area contributed by atoms with Crippen LogP contribution in [-0.2, 0) is 20.9 Å². The Morgan fingerprint density at radius 2 is 1.62 bits per heavy atom. The fourth-order valence-corrected chi connectivity index (χ4v) is 4.02. The van der Waals surface area contributed by atoms with Gasteiger partial charge in [0, 0.05) is 29.7 Å². The van der Waals surface area contributed by atoms with Gasteiger partial charge in [0.2, 0.25) is 5.91 Å². The fourth-order valence-electron chi connectivity index (χ4n) is 3.76. The zero-order chi connectivity index (χ0) is 19.7. The van der Waals surface area contributed by atoms with Crippen LogP contribution in [0.3, 0.4) is 0 Å². The van der Waals surface area contributed by atoms with E-state index in [2.05, 4.69) is 4.90 Å². The molecular weight excluding hydrogens is 435 g/mol. The molecule has 154 valence electrons. The van der Waals surface area contributed by atoms with Gasteiger partial charge in [0.1, 0.15) is 6.10 Å². The molecule has 2 heterocycles. The van der Waals surface area contributed by atoms with Crippen LogP contribution in [0.25, 0.3) is 0 Å². The van der Waals surface area contributed by atoms with Crippen LogP contribution in [0.2, 0.25) is 10.0 Å². The van der Waals surface area contributed by atoms with Gasteiger partial charge in [-0.05, 0) is 35.4 Å². The molecule has 0 saturated carbocycles. The Kier molecular flexibility index (Phi) is 7.06. The van der Waals surface area contributed by atoms with Gasteiger partial charge in [-0.25, -0.2) is 0 Å². The third-order valence-corrected chi connectivity index (χ3v) is 5.72. The first-order valence-corrected chi connectivity index (χ1v) is 9.96. The number of esters is 1. The molecule has 8 heteroatoms. The van der Waals surface area contributed by atoms with Crippen molar-refractivity contribution < 1.29 is 14.3 Å². The van der Waals surface area contributed by atoms with E-state index >= 15 is 0 Å². The maximum Gasteiger partial charge on any atom is 0.307 e. The number of halogens is 3. The lowest BCUT2D eigenvalue weighted by Gasteiger charge is -2.24. The van der Waals surface area contributed by atoms with E-state index in [9.17, 15) is 9.59 Å².